The van der Waals surface area contributed by atoms with Crippen LogP contribution in [0, 0.1) is 3.57 Å². The summed E-state index contributed by atoms with van der Waals surface area (Å²) >= 11 is 2.94. The number of carbonyl (C=O) groups excluding carboxylic acids is 3. The van der Waals surface area contributed by atoms with Crippen molar-refractivity contribution in [2.75, 3.05) is 20.3 Å². The molecule has 1 fully saturated rings. The van der Waals surface area contributed by atoms with E-state index in [-0.39, 0.29) is 35.0 Å². The maximum absolute atomic E-state index is 13.0. The zero-order chi connectivity index (χ0) is 27.4. The molecule has 0 radical (unpaired) electrons. The van der Waals surface area contributed by atoms with E-state index in [9.17, 15) is 14.4 Å². The van der Waals surface area contributed by atoms with Gasteiger partial charge in [0.05, 0.1) is 24.1 Å². The topological polar surface area (TPSA) is 82.1 Å². The van der Waals surface area contributed by atoms with Gasteiger partial charge in [0.1, 0.15) is 12.4 Å². The number of imide groups is 1. The Morgan fingerprint density at radius 1 is 0.923 bits per heavy atom. The maximum Gasteiger partial charge on any atom is 0.344 e. The Morgan fingerprint density at radius 2 is 1.69 bits per heavy atom. The molecule has 0 bridgehead atoms. The van der Waals surface area contributed by atoms with Gasteiger partial charge in [-0.3, -0.25) is 14.5 Å². The maximum atomic E-state index is 13.0. The van der Waals surface area contributed by atoms with Crippen molar-refractivity contribution < 1.29 is 28.6 Å². The Labute approximate surface area is 242 Å². The highest BCUT2D eigenvalue weighted by molar-refractivity contribution is 14.1. The van der Waals surface area contributed by atoms with Crippen LogP contribution in [0.25, 0.3) is 16.8 Å². The molecule has 1 heterocycles. The van der Waals surface area contributed by atoms with Crippen LogP contribution in [0.4, 0.5) is 4.79 Å². The zero-order valence-electron chi connectivity index (χ0n) is 20.8. The summed E-state index contributed by atoms with van der Waals surface area (Å²) in [5, 5.41) is 1.66. The summed E-state index contributed by atoms with van der Waals surface area (Å²) in [4.78, 5) is 39.7. The summed E-state index contributed by atoms with van der Waals surface area (Å²) in [7, 11) is 1.46. The third-order valence-corrected chi connectivity index (χ3v) is 7.83. The van der Waals surface area contributed by atoms with Crippen molar-refractivity contribution in [2.24, 2.45) is 0 Å². The van der Waals surface area contributed by atoms with Gasteiger partial charge in [0.15, 0.2) is 11.5 Å². The standard InChI is InChI=1S/C30H22INO6S/c1-36-26-17-19(13-14-25(26)38-29(34)22-10-4-5-11-23(22)31)18-27-28(33)32(30(35)39-27)15-16-37-24-12-6-8-20-7-2-3-9-21(20)24/h2-14,17-18H,15-16H2,1H3/b27-18-. The van der Waals surface area contributed by atoms with Gasteiger partial charge in [-0.2, -0.15) is 0 Å². The van der Waals surface area contributed by atoms with Crippen molar-refractivity contribution in [3.8, 4) is 17.2 Å². The highest BCUT2D eigenvalue weighted by Crippen LogP contribution is 2.35. The molecule has 7 nitrogen and oxygen atoms in total. The number of hydrogen-bond donors (Lipinski definition) is 0. The second-order valence-electron chi connectivity index (χ2n) is 8.44. The van der Waals surface area contributed by atoms with Crippen molar-refractivity contribution in [2.45, 2.75) is 0 Å². The molecule has 9 heteroatoms. The first kappa shape index (κ1) is 26.8. The molecule has 5 rings (SSSR count). The van der Waals surface area contributed by atoms with Crippen LogP contribution >= 0.6 is 34.4 Å². The lowest BCUT2D eigenvalue weighted by molar-refractivity contribution is -0.123. The molecule has 1 saturated heterocycles. The number of amides is 2. The second-order valence-corrected chi connectivity index (χ2v) is 10.6. The van der Waals surface area contributed by atoms with E-state index in [0.29, 0.717) is 22.6 Å². The molecule has 4 aromatic rings. The van der Waals surface area contributed by atoms with Gasteiger partial charge in [-0.25, -0.2) is 4.79 Å². The number of rotatable bonds is 8. The molecule has 0 unspecified atom stereocenters. The van der Waals surface area contributed by atoms with E-state index in [1.54, 1.807) is 36.4 Å². The highest BCUT2D eigenvalue weighted by Gasteiger charge is 2.35. The summed E-state index contributed by atoms with van der Waals surface area (Å²) in [5.74, 6) is 0.381. The molecule has 1 aliphatic rings. The van der Waals surface area contributed by atoms with Crippen molar-refractivity contribution in [1.29, 1.82) is 0 Å². The number of hydrogen-bond acceptors (Lipinski definition) is 7. The number of esters is 1. The van der Waals surface area contributed by atoms with Crippen molar-refractivity contribution >= 4 is 68.3 Å². The number of benzene rings is 4. The smallest absolute Gasteiger partial charge is 0.344 e. The van der Waals surface area contributed by atoms with Crippen molar-refractivity contribution in [1.82, 2.24) is 4.90 Å². The number of fused-ring (bicyclic) bond motifs is 1. The number of ether oxygens (including phenoxy) is 3. The average molecular weight is 651 g/mol. The van der Waals surface area contributed by atoms with E-state index in [1.807, 2.05) is 54.6 Å². The molecule has 0 saturated carbocycles. The van der Waals surface area contributed by atoms with E-state index >= 15 is 0 Å². The molecule has 2 amide bonds. The average Bonchev–Trinajstić information content (AvgIpc) is 3.21. The Balaban J connectivity index is 1.26. The minimum atomic E-state index is -0.502. The van der Waals surface area contributed by atoms with Gasteiger partial charge >= 0.3 is 5.97 Å². The molecular formula is C30H22INO6S. The molecule has 196 valence electrons. The highest BCUT2D eigenvalue weighted by atomic mass is 127. The summed E-state index contributed by atoms with van der Waals surface area (Å²) in [5.41, 5.74) is 1.07. The lowest BCUT2D eigenvalue weighted by Crippen LogP contribution is -2.32. The lowest BCUT2D eigenvalue weighted by Gasteiger charge is -2.14. The van der Waals surface area contributed by atoms with Crippen molar-refractivity contribution in [3.05, 3.63) is 105 Å². The van der Waals surface area contributed by atoms with Crippen LogP contribution in [0.1, 0.15) is 15.9 Å². The number of halogens is 1. The van der Waals surface area contributed by atoms with Crippen LogP contribution in [-0.4, -0.2) is 42.3 Å². The second kappa shape index (κ2) is 11.9. The monoisotopic (exact) mass is 651 g/mol. The first-order valence-electron chi connectivity index (χ1n) is 12.0. The van der Waals surface area contributed by atoms with E-state index in [4.69, 9.17) is 14.2 Å². The summed E-state index contributed by atoms with van der Waals surface area (Å²) in [6, 6.07) is 25.7. The van der Waals surface area contributed by atoms with Crippen molar-refractivity contribution in [3.63, 3.8) is 0 Å². The van der Waals surface area contributed by atoms with Crippen LogP contribution in [0.2, 0.25) is 0 Å². The number of nitrogens with zero attached hydrogens (tertiary/aromatic N) is 1. The summed E-state index contributed by atoms with van der Waals surface area (Å²) < 4.78 is 17.7. The fourth-order valence-electron chi connectivity index (χ4n) is 4.05. The van der Waals surface area contributed by atoms with E-state index < -0.39 is 5.97 Å². The third-order valence-electron chi connectivity index (χ3n) is 5.98. The Morgan fingerprint density at radius 3 is 2.51 bits per heavy atom. The number of thioether (sulfide) groups is 1. The van der Waals surface area contributed by atoms with Crippen LogP contribution in [-0.2, 0) is 4.79 Å². The first-order valence-corrected chi connectivity index (χ1v) is 13.8. The van der Waals surface area contributed by atoms with Gasteiger partial charge in [0, 0.05) is 8.96 Å². The quantitative estimate of drug-likeness (QED) is 0.0899. The van der Waals surface area contributed by atoms with Gasteiger partial charge in [-0.1, -0.05) is 54.6 Å². The fourth-order valence-corrected chi connectivity index (χ4v) is 5.53. The largest absolute Gasteiger partial charge is 0.493 e. The minimum Gasteiger partial charge on any atom is -0.493 e. The van der Waals surface area contributed by atoms with Crippen LogP contribution in [0.15, 0.2) is 89.8 Å². The van der Waals surface area contributed by atoms with E-state index in [2.05, 4.69) is 22.6 Å². The van der Waals surface area contributed by atoms with Gasteiger partial charge < -0.3 is 14.2 Å². The molecule has 0 aromatic heterocycles. The van der Waals surface area contributed by atoms with Gasteiger partial charge in [0.25, 0.3) is 11.1 Å². The molecule has 0 aliphatic carbocycles. The van der Waals surface area contributed by atoms with Gasteiger partial charge in [-0.15, -0.1) is 0 Å². The van der Waals surface area contributed by atoms with Crippen LogP contribution in [0.3, 0.4) is 0 Å². The normalized spacial score (nSPS) is 14.2. The fraction of sp³-hybridized carbons (Fsp3) is 0.100. The van der Waals surface area contributed by atoms with Crippen LogP contribution < -0.4 is 14.2 Å². The molecule has 0 N–H and O–H groups in total. The van der Waals surface area contributed by atoms with Gasteiger partial charge in [0.2, 0.25) is 0 Å². The number of methoxy groups -OCH3 is 1. The summed E-state index contributed by atoms with van der Waals surface area (Å²) in [6.45, 7) is 0.301. The molecule has 1 aliphatic heterocycles. The van der Waals surface area contributed by atoms with E-state index in [0.717, 1.165) is 26.1 Å². The van der Waals surface area contributed by atoms with E-state index in [1.165, 1.54) is 12.0 Å². The first-order chi connectivity index (χ1) is 18.9. The van der Waals surface area contributed by atoms with Crippen LogP contribution in [0.5, 0.6) is 17.2 Å². The predicted octanol–water partition coefficient (Wildman–Crippen LogP) is 6.79. The van der Waals surface area contributed by atoms with Gasteiger partial charge in [-0.05, 0) is 81.7 Å². The SMILES string of the molecule is COc1cc(/C=C2\SC(=O)N(CCOc3cccc4ccccc34)C2=O)ccc1OC(=O)c1ccccc1I. The summed E-state index contributed by atoms with van der Waals surface area (Å²) in [6.07, 6.45) is 1.62. The number of carbonyl (C=O) groups is 3. The molecule has 0 atom stereocenters. The third kappa shape index (κ3) is 5.94. The Kier molecular flexibility index (Phi) is 8.18. The lowest BCUT2D eigenvalue weighted by atomic mass is 10.1. The predicted molar refractivity (Wildman–Crippen MR) is 159 cm³/mol. The minimum absolute atomic E-state index is 0.127. The molecule has 4 aromatic carbocycles. The molecular weight excluding hydrogens is 629 g/mol. The molecule has 39 heavy (non-hydrogen) atoms. The Hall–Kier alpha value is -3.83. The Bertz CT molecular complexity index is 1610. The molecule has 0 spiro atoms. The zero-order valence-corrected chi connectivity index (χ0v) is 23.7.